The van der Waals surface area contributed by atoms with Gasteiger partial charge >= 0.3 is 0 Å². The first kappa shape index (κ1) is 13.8. The van der Waals surface area contributed by atoms with Crippen LogP contribution in [0.25, 0.3) is 0 Å². The quantitative estimate of drug-likeness (QED) is 0.889. The van der Waals surface area contributed by atoms with Gasteiger partial charge in [0.05, 0.1) is 0 Å². The zero-order valence-corrected chi connectivity index (χ0v) is 11.7. The molecule has 0 aromatic heterocycles. The normalized spacial score (nSPS) is 20.7. The molecule has 0 spiro atoms. The molecule has 1 aliphatic heterocycles. The van der Waals surface area contributed by atoms with Crippen molar-refractivity contribution < 1.29 is 4.39 Å². The van der Waals surface area contributed by atoms with E-state index >= 15 is 0 Å². The Labute approximate surface area is 113 Å². The molecule has 1 aliphatic rings. The van der Waals surface area contributed by atoms with Gasteiger partial charge in [-0.15, -0.1) is 0 Å². The second-order valence-electron chi connectivity index (χ2n) is 5.61. The molecule has 0 aliphatic carbocycles. The van der Waals surface area contributed by atoms with Gasteiger partial charge in [-0.1, -0.05) is 17.7 Å². The molecule has 1 aromatic carbocycles. The van der Waals surface area contributed by atoms with Crippen molar-refractivity contribution in [1.82, 2.24) is 10.2 Å². The Morgan fingerprint density at radius 1 is 1.44 bits per heavy atom. The fourth-order valence-electron chi connectivity index (χ4n) is 2.45. The maximum absolute atomic E-state index is 13.0. The molecule has 18 heavy (non-hydrogen) atoms. The van der Waals surface area contributed by atoms with Crippen molar-refractivity contribution in [2.45, 2.75) is 32.4 Å². The summed E-state index contributed by atoms with van der Waals surface area (Å²) in [5.41, 5.74) is 1.11. The summed E-state index contributed by atoms with van der Waals surface area (Å²) in [6.07, 6.45) is 1.13. The molecule has 0 unspecified atom stereocenters. The summed E-state index contributed by atoms with van der Waals surface area (Å²) in [6.45, 7) is 8.25. The Balaban J connectivity index is 2.07. The molecule has 2 nitrogen and oxygen atoms in total. The molecule has 1 saturated heterocycles. The largest absolute Gasteiger partial charge is 0.310 e. The number of hydrogen-bond donors (Lipinski definition) is 1. The molecule has 0 saturated carbocycles. The Hall–Kier alpha value is -0.640. The van der Waals surface area contributed by atoms with Crippen molar-refractivity contribution in [3.05, 3.63) is 34.6 Å². The molecule has 0 bridgehead atoms. The number of halogens is 2. The highest BCUT2D eigenvalue weighted by Gasteiger charge is 2.24. The zero-order chi connectivity index (χ0) is 13.2. The Morgan fingerprint density at radius 2 is 2.22 bits per heavy atom. The standard InChI is InChI=1S/C14H20ClFN2/c1-14(2)10-18(7-3-6-17-14)9-11-4-5-12(16)8-13(11)15/h4-5,8,17H,3,6-7,9-10H2,1-2H3. The summed E-state index contributed by atoms with van der Waals surface area (Å²) >= 11 is 6.08. The van der Waals surface area contributed by atoms with E-state index in [0.717, 1.165) is 38.2 Å². The van der Waals surface area contributed by atoms with Crippen LogP contribution in [-0.4, -0.2) is 30.1 Å². The first-order valence-corrected chi connectivity index (χ1v) is 6.75. The van der Waals surface area contributed by atoms with Crippen LogP contribution in [-0.2, 0) is 6.54 Å². The first-order valence-electron chi connectivity index (χ1n) is 6.38. The topological polar surface area (TPSA) is 15.3 Å². The molecule has 4 heteroatoms. The minimum absolute atomic E-state index is 0.114. The molecular weight excluding hydrogens is 251 g/mol. The number of nitrogens with one attached hydrogen (secondary N) is 1. The average Bonchev–Trinajstić information content (AvgIpc) is 2.43. The van der Waals surface area contributed by atoms with Crippen LogP contribution in [0.1, 0.15) is 25.8 Å². The van der Waals surface area contributed by atoms with Gasteiger partial charge in [-0.25, -0.2) is 4.39 Å². The van der Waals surface area contributed by atoms with Gasteiger partial charge in [0.2, 0.25) is 0 Å². The summed E-state index contributed by atoms with van der Waals surface area (Å²) in [7, 11) is 0. The molecule has 1 aromatic rings. The summed E-state index contributed by atoms with van der Waals surface area (Å²) in [6, 6.07) is 4.64. The number of benzene rings is 1. The lowest BCUT2D eigenvalue weighted by molar-refractivity contribution is 0.224. The molecular formula is C14H20ClFN2. The van der Waals surface area contributed by atoms with Gasteiger partial charge in [-0.2, -0.15) is 0 Å². The van der Waals surface area contributed by atoms with Gasteiger partial charge in [-0.05, 0) is 51.1 Å². The minimum atomic E-state index is -0.276. The highest BCUT2D eigenvalue weighted by atomic mass is 35.5. The maximum atomic E-state index is 13.0. The van der Waals surface area contributed by atoms with E-state index in [0.29, 0.717) is 5.02 Å². The fraction of sp³-hybridized carbons (Fsp3) is 0.571. The summed E-state index contributed by atoms with van der Waals surface area (Å²) in [4.78, 5) is 2.37. The maximum Gasteiger partial charge on any atom is 0.124 e. The third-order valence-corrected chi connectivity index (χ3v) is 3.63. The van der Waals surface area contributed by atoms with E-state index in [1.807, 2.05) is 0 Å². The molecule has 0 amide bonds. The second kappa shape index (κ2) is 5.55. The summed E-state index contributed by atoms with van der Waals surface area (Å²) in [5.74, 6) is -0.276. The van der Waals surface area contributed by atoms with Crippen LogP contribution in [0.3, 0.4) is 0 Å². The lowest BCUT2D eigenvalue weighted by Gasteiger charge is -2.30. The van der Waals surface area contributed by atoms with Gasteiger partial charge in [0.15, 0.2) is 0 Å². The Bertz CT molecular complexity index is 420. The zero-order valence-electron chi connectivity index (χ0n) is 11.0. The van der Waals surface area contributed by atoms with Crippen LogP contribution in [0.4, 0.5) is 4.39 Å². The van der Waals surface area contributed by atoms with Crippen LogP contribution in [0.5, 0.6) is 0 Å². The van der Waals surface area contributed by atoms with Crippen molar-refractivity contribution in [3.8, 4) is 0 Å². The highest BCUT2D eigenvalue weighted by Crippen LogP contribution is 2.21. The smallest absolute Gasteiger partial charge is 0.124 e. The molecule has 0 radical (unpaired) electrons. The number of hydrogen-bond acceptors (Lipinski definition) is 2. The molecule has 1 fully saturated rings. The fourth-order valence-corrected chi connectivity index (χ4v) is 2.68. The highest BCUT2D eigenvalue weighted by molar-refractivity contribution is 6.31. The van der Waals surface area contributed by atoms with Crippen LogP contribution in [0, 0.1) is 5.82 Å². The minimum Gasteiger partial charge on any atom is -0.310 e. The van der Waals surface area contributed by atoms with E-state index in [2.05, 4.69) is 24.1 Å². The van der Waals surface area contributed by atoms with Crippen molar-refractivity contribution in [2.24, 2.45) is 0 Å². The van der Waals surface area contributed by atoms with Gasteiger partial charge in [-0.3, -0.25) is 4.90 Å². The molecule has 100 valence electrons. The molecule has 0 atom stereocenters. The lowest BCUT2D eigenvalue weighted by atomic mass is 10.1. The molecule has 1 N–H and O–H groups in total. The van der Waals surface area contributed by atoms with Gasteiger partial charge in [0.25, 0.3) is 0 Å². The van der Waals surface area contributed by atoms with E-state index in [-0.39, 0.29) is 11.4 Å². The van der Waals surface area contributed by atoms with E-state index in [4.69, 9.17) is 11.6 Å². The van der Waals surface area contributed by atoms with Crippen LogP contribution in [0.2, 0.25) is 5.02 Å². The van der Waals surface area contributed by atoms with E-state index in [9.17, 15) is 4.39 Å². The van der Waals surface area contributed by atoms with Crippen LogP contribution < -0.4 is 5.32 Å². The molecule has 2 rings (SSSR count). The van der Waals surface area contributed by atoms with Crippen molar-refractivity contribution in [3.63, 3.8) is 0 Å². The second-order valence-corrected chi connectivity index (χ2v) is 6.02. The predicted octanol–water partition coefficient (Wildman–Crippen LogP) is 3.05. The van der Waals surface area contributed by atoms with Gasteiger partial charge in [0, 0.05) is 23.7 Å². The SMILES string of the molecule is CC1(C)CN(Cc2ccc(F)cc2Cl)CCCN1. The Kier molecular flexibility index (Phi) is 4.25. The Morgan fingerprint density at radius 3 is 2.94 bits per heavy atom. The van der Waals surface area contributed by atoms with Gasteiger partial charge in [0.1, 0.15) is 5.82 Å². The predicted molar refractivity (Wildman–Crippen MR) is 73.4 cm³/mol. The summed E-state index contributed by atoms with van der Waals surface area (Å²) < 4.78 is 13.0. The van der Waals surface area contributed by atoms with E-state index < -0.39 is 0 Å². The summed E-state index contributed by atoms with van der Waals surface area (Å²) in [5, 5.41) is 4.04. The third-order valence-electron chi connectivity index (χ3n) is 3.28. The van der Waals surface area contributed by atoms with Crippen LogP contribution >= 0.6 is 11.6 Å². The van der Waals surface area contributed by atoms with Gasteiger partial charge < -0.3 is 5.32 Å². The van der Waals surface area contributed by atoms with Crippen molar-refractivity contribution in [1.29, 1.82) is 0 Å². The lowest BCUT2D eigenvalue weighted by Crippen LogP contribution is -2.46. The van der Waals surface area contributed by atoms with E-state index in [1.165, 1.54) is 12.1 Å². The van der Waals surface area contributed by atoms with E-state index in [1.54, 1.807) is 6.07 Å². The number of rotatable bonds is 2. The van der Waals surface area contributed by atoms with Crippen LogP contribution in [0.15, 0.2) is 18.2 Å². The van der Waals surface area contributed by atoms with Crippen molar-refractivity contribution in [2.75, 3.05) is 19.6 Å². The third kappa shape index (κ3) is 3.67. The first-order chi connectivity index (χ1) is 8.46. The molecule has 1 heterocycles. The monoisotopic (exact) mass is 270 g/mol. The average molecular weight is 271 g/mol. The number of nitrogens with zero attached hydrogens (tertiary/aromatic N) is 1. The van der Waals surface area contributed by atoms with Crippen molar-refractivity contribution >= 4 is 11.6 Å².